The molecule has 1 aliphatic rings. The smallest absolute Gasteiger partial charge is 0.262 e. The van der Waals surface area contributed by atoms with Gasteiger partial charge in [-0.1, -0.05) is 42.5 Å². The van der Waals surface area contributed by atoms with E-state index in [9.17, 15) is 24.4 Å². The number of carbonyl (C=O) groups is 4. The van der Waals surface area contributed by atoms with Gasteiger partial charge in [0.15, 0.2) is 5.78 Å². The number of furan rings is 1. The van der Waals surface area contributed by atoms with Crippen molar-refractivity contribution in [1.29, 1.82) is 5.26 Å². The number of ketones is 1. The van der Waals surface area contributed by atoms with Crippen LogP contribution in [0.25, 0.3) is 0 Å². The number of hydrogen-bond acceptors (Lipinski definition) is 6. The van der Waals surface area contributed by atoms with E-state index in [-0.39, 0.29) is 46.1 Å². The first-order valence-corrected chi connectivity index (χ1v) is 10.2. The van der Waals surface area contributed by atoms with Gasteiger partial charge in [-0.2, -0.15) is 5.26 Å². The highest BCUT2D eigenvalue weighted by Gasteiger charge is 2.43. The van der Waals surface area contributed by atoms with E-state index in [2.05, 4.69) is 5.32 Å². The number of nitrogens with zero attached hydrogens (tertiary/aromatic N) is 2. The minimum absolute atomic E-state index is 0.0548. The standard InChI is InChI=1S/C25H19N3O5/c1-14(29)21-15(2)33-23(19(21)13-26)27-22(30)20(12-16-8-4-3-5-9-16)28-24(31)17-10-6-7-11-18(17)25(28)32/h3-11,20H,12H2,1-2H3,(H,27,30). The number of imide groups is 1. The molecule has 0 saturated heterocycles. The molecule has 8 heteroatoms. The van der Waals surface area contributed by atoms with Gasteiger partial charge in [0.2, 0.25) is 11.8 Å². The molecule has 8 nitrogen and oxygen atoms in total. The number of nitriles is 1. The van der Waals surface area contributed by atoms with Crippen molar-refractivity contribution in [1.82, 2.24) is 4.90 Å². The van der Waals surface area contributed by atoms with Crippen LogP contribution < -0.4 is 5.32 Å². The maximum Gasteiger partial charge on any atom is 0.262 e. The first-order chi connectivity index (χ1) is 15.8. The number of nitrogens with one attached hydrogen (secondary N) is 1. The largest absolute Gasteiger partial charge is 0.443 e. The lowest BCUT2D eigenvalue weighted by Crippen LogP contribution is -2.48. The Morgan fingerprint density at radius 3 is 2.15 bits per heavy atom. The number of aryl methyl sites for hydroxylation is 1. The molecule has 0 spiro atoms. The molecule has 0 bridgehead atoms. The number of rotatable bonds is 6. The zero-order valence-electron chi connectivity index (χ0n) is 17.9. The lowest BCUT2D eigenvalue weighted by molar-refractivity contribution is -0.120. The van der Waals surface area contributed by atoms with Gasteiger partial charge in [0.25, 0.3) is 11.8 Å². The maximum absolute atomic E-state index is 13.4. The van der Waals surface area contributed by atoms with Crippen LogP contribution >= 0.6 is 0 Å². The zero-order chi connectivity index (χ0) is 23.7. The monoisotopic (exact) mass is 441 g/mol. The SMILES string of the molecule is CC(=O)c1c(C)oc(NC(=O)C(Cc2ccccc2)N2C(=O)c3ccccc3C2=O)c1C#N. The molecule has 3 aromatic rings. The van der Waals surface area contributed by atoms with Crippen LogP contribution in [-0.4, -0.2) is 34.4 Å². The lowest BCUT2D eigenvalue weighted by Gasteiger charge is -2.25. The lowest BCUT2D eigenvalue weighted by atomic mass is 10.0. The van der Waals surface area contributed by atoms with Crippen LogP contribution in [0.4, 0.5) is 5.88 Å². The number of fused-ring (bicyclic) bond motifs is 1. The molecule has 1 aromatic heterocycles. The predicted molar refractivity (Wildman–Crippen MR) is 118 cm³/mol. The van der Waals surface area contributed by atoms with E-state index >= 15 is 0 Å². The van der Waals surface area contributed by atoms with Crippen LogP contribution in [0.2, 0.25) is 0 Å². The highest BCUT2D eigenvalue weighted by molar-refractivity contribution is 6.23. The normalized spacial score (nSPS) is 13.4. The third-order valence-electron chi connectivity index (χ3n) is 5.50. The van der Waals surface area contributed by atoms with Crippen LogP contribution in [0.3, 0.4) is 0 Å². The molecule has 1 aliphatic heterocycles. The summed E-state index contributed by atoms with van der Waals surface area (Å²) in [7, 11) is 0. The van der Waals surface area contributed by atoms with Gasteiger partial charge in [0.05, 0.1) is 16.7 Å². The third kappa shape index (κ3) is 3.81. The average Bonchev–Trinajstić information content (AvgIpc) is 3.26. The molecule has 33 heavy (non-hydrogen) atoms. The Morgan fingerprint density at radius 1 is 1.03 bits per heavy atom. The number of carbonyl (C=O) groups excluding carboxylic acids is 4. The summed E-state index contributed by atoms with van der Waals surface area (Å²) in [6.07, 6.45) is 0.0548. The van der Waals surface area contributed by atoms with Gasteiger partial charge >= 0.3 is 0 Å². The van der Waals surface area contributed by atoms with Gasteiger partial charge in [-0.05, 0) is 31.5 Å². The van der Waals surface area contributed by atoms with Crippen LogP contribution in [0.1, 0.15) is 54.9 Å². The molecular weight excluding hydrogens is 422 g/mol. The topological polar surface area (TPSA) is 120 Å². The third-order valence-corrected chi connectivity index (χ3v) is 5.50. The number of anilines is 1. The summed E-state index contributed by atoms with van der Waals surface area (Å²) in [6, 6.07) is 16.0. The molecule has 1 N–H and O–H groups in total. The molecule has 2 heterocycles. The summed E-state index contributed by atoms with van der Waals surface area (Å²) in [6.45, 7) is 2.81. The fourth-order valence-corrected chi connectivity index (χ4v) is 3.99. The quantitative estimate of drug-likeness (QED) is 0.462. The van der Waals surface area contributed by atoms with E-state index in [0.29, 0.717) is 0 Å². The molecule has 0 saturated carbocycles. The summed E-state index contributed by atoms with van der Waals surface area (Å²) in [4.78, 5) is 52.4. The van der Waals surface area contributed by atoms with Gasteiger partial charge in [0.1, 0.15) is 23.4 Å². The van der Waals surface area contributed by atoms with Gasteiger partial charge < -0.3 is 4.42 Å². The second kappa shape index (κ2) is 8.55. The highest BCUT2D eigenvalue weighted by Crippen LogP contribution is 2.29. The highest BCUT2D eigenvalue weighted by atomic mass is 16.4. The molecule has 0 aliphatic carbocycles. The summed E-state index contributed by atoms with van der Waals surface area (Å²) in [5, 5.41) is 12.0. The molecule has 3 amide bonds. The van der Waals surface area contributed by atoms with Crippen LogP contribution in [0, 0.1) is 18.3 Å². The Balaban J connectivity index is 1.73. The molecule has 0 fully saturated rings. The van der Waals surface area contributed by atoms with Crippen molar-refractivity contribution in [2.24, 2.45) is 0 Å². The Hall–Kier alpha value is -4.51. The molecule has 4 rings (SSSR count). The fraction of sp³-hybridized carbons (Fsp3) is 0.160. The van der Waals surface area contributed by atoms with Gasteiger partial charge in [-0.3, -0.25) is 29.4 Å². The first-order valence-electron chi connectivity index (χ1n) is 10.2. The first kappa shape index (κ1) is 21.7. The fourth-order valence-electron chi connectivity index (χ4n) is 3.99. The predicted octanol–water partition coefficient (Wildman–Crippen LogP) is 3.51. The van der Waals surface area contributed by atoms with Crippen molar-refractivity contribution in [2.75, 3.05) is 5.32 Å². The molecule has 1 unspecified atom stereocenters. The second-order valence-corrected chi connectivity index (χ2v) is 7.63. The van der Waals surface area contributed by atoms with E-state index in [0.717, 1.165) is 10.5 Å². The average molecular weight is 441 g/mol. The minimum Gasteiger partial charge on any atom is -0.443 e. The zero-order valence-corrected chi connectivity index (χ0v) is 17.9. The van der Waals surface area contributed by atoms with Crippen molar-refractivity contribution in [3.05, 3.63) is 88.2 Å². The van der Waals surface area contributed by atoms with Gasteiger partial charge in [0, 0.05) is 6.42 Å². The van der Waals surface area contributed by atoms with Crippen LogP contribution in [0.5, 0.6) is 0 Å². The number of hydrogen-bond donors (Lipinski definition) is 1. The van der Waals surface area contributed by atoms with E-state index in [1.54, 1.807) is 36.4 Å². The second-order valence-electron chi connectivity index (χ2n) is 7.63. The summed E-state index contributed by atoms with van der Waals surface area (Å²) < 4.78 is 5.48. The van der Waals surface area contributed by atoms with Crippen LogP contribution in [-0.2, 0) is 11.2 Å². The minimum atomic E-state index is -1.21. The summed E-state index contributed by atoms with van der Waals surface area (Å²) in [5.74, 6) is -2.25. The summed E-state index contributed by atoms with van der Waals surface area (Å²) >= 11 is 0. The Kier molecular flexibility index (Phi) is 5.63. The van der Waals surface area contributed by atoms with Gasteiger partial charge in [-0.25, -0.2) is 0 Å². The Morgan fingerprint density at radius 2 is 1.61 bits per heavy atom. The van der Waals surface area contributed by atoms with Crippen molar-refractivity contribution < 1.29 is 23.6 Å². The van der Waals surface area contributed by atoms with E-state index in [1.807, 2.05) is 12.1 Å². The van der Waals surface area contributed by atoms with E-state index in [1.165, 1.54) is 26.0 Å². The van der Waals surface area contributed by atoms with Gasteiger partial charge in [-0.15, -0.1) is 0 Å². The molecule has 0 radical (unpaired) electrons. The molecule has 2 aromatic carbocycles. The van der Waals surface area contributed by atoms with E-state index < -0.39 is 23.8 Å². The number of benzene rings is 2. The van der Waals surface area contributed by atoms with Crippen molar-refractivity contribution in [2.45, 2.75) is 26.3 Å². The molecule has 1 atom stereocenters. The van der Waals surface area contributed by atoms with E-state index in [4.69, 9.17) is 4.42 Å². The van der Waals surface area contributed by atoms with Crippen molar-refractivity contribution in [3.8, 4) is 6.07 Å². The van der Waals surface area contributed by atoms with Crippen LogP contribution in [0.15, 0.2) is 59.0 Å². The number of Topliss-reactive ketones (excluding diaryl/α,β-unsaturated/α-hetero) is 1. The maximum atomic E-state index is 13.4. The Bertz CT molecular complexity index is 1300. The van der Waals surface area contributed by atoms with Crippen molar-refractivity contribution >= 4 is 29.4 Å². The Labute approximate surface area is 189 Å². The van der Waals surface area contributed by atoms with Crippen molar-refractivity contribution in [3.63, 3.8) is 0 Å². The number of amides is 3. The molecular formula is C25H19N3O5. The summed E-state index contributed by atoms with van der Waals surface area (Å²) in [5.41, 5.74) is 1.15. The molecule has 164 valence electrons.